The first-order chi connectivity index (χ1) is 11.9. The van der Waals surface area contributed by atoms with Gasteiger partial charge in [0.2, 0.25) is 5.91 Å². The predicted molar refractivity (Wildman–Crippen MR) is 91.2 cm³/mol. The van der Waals surface area contributed by atoms with E-state index in [0.717, 1.165) is 11.3 Å². The van der Waals surface area contributed by atoms with Gasteiger partial charge in [0.1, 0.15) is 5.82 Å². The van der Waals surface area contributed by atoms with Gasteiger partial charge in [0.05, 0.1) is 18.3 Å². The van der Waals surface area contributed by atoms with Gasteiger partial charge < -0.3 is 15.3 Å². The van der Waals surface area contributed by atoms with Gasteiger partial charge in [0.25, 0.3) is 0 Å². The first-order valence-electron chi connectivity index (χ1n) is 8.29. The van der Waals surface area contributed by atoms with Gasteiger partial charge in [-0.25, -0.2) is 4.39 Å². The van der Waals surface area contributed by atoms with Crippen molar-refractivity contribution in [2.24, 2.45) is 7.05 Å². The Bertz CT molecular complexity index is 759. The number of likely N-dealkylation sites (N-methyl/N-ethyl adjacent to an activating group) is 1. The molecule has 0 aliphatic carbocycles. The predicted octanol–water partition coefficient (Wildman–Crippen LogP) is 1.46. The Morgan fingerprint density at radius 3 is 2.64 bits per heavy atom. The number of aliphatic hydroxyl groups excluding tert-OH is 1. The van der Waals surface area contributed by atoms with Crippen molar-refractivity contribution in [3.63, 3.8) is 0 Å². The van der Waals surface area contributed by atoms with Gasteiger partial charge in [0.15, 0.2) is 0 Å². The van der Waals surface area contributed by atoms with E-state index in [1.807, 2.05) is 14.0 Å². The van der Waals surface area contributed by atoms with E-state index >= 15 is 0 Å². The molecule has 6 nitrogen and oxygen atoms in total. The van der Waals surface area contributed by atoms with Crippen molar-refractivity contribution in [3.05, 3.63) is 53.1 Å². The van der Waals surface area contributed by atoms with E-state index in [0.29, 0.717) is 12.0 Å². The van der Waals surface area contributed by atoms with Gasteiger partial charge in [-0.15, -0.1) is 0 Å². The number of hydrogen-bond acceptors (Lipinski definition) is 4. The molecule has 3 atom stereocenters. The third kappa shape index (κ3) is 3.43. The molecule has 134 valence electrons. The monoisotopic (exact) mass is 346 g/mol. The topological polar surface area (TPSA) is 70.4 Å². The fraction of sp³-hybridized carbons (Fsp3) is 0.444. The number of likely N-dealkylation sites (tertiary alicyclic amines) is 1. The summed E-state index contributed by atoms with van der Waals surface area (Å²) in [6.45, 7) is 2.26. The van der Waals surface area contributed by atoms with Crippen LogP contribution in [0.4, 0.5) is 4.39 Å². The Balaban J connectivity index is 1.72. The summed E-state index contributed by atoms with van der Waals surface area (Å²) in [5.41, 5.74) is 2.66. The molecule has 0 radical (unpaired) electrons. The van der Waals surface area contributed by atoms with E-state index in [-0.39, 0.29) is 30.4 Å². The first kappa shape index (κ1) is 17.6. The second kappa shape index (κ2) is 6.93. The highest BCUT2D eigenvalue weighted by molar-refractivity contribution is 5.80. The van der Waals surface area contributed by atoms with Gasteiger partial charge in [-0.3, -0.25) is 9.48 Å². The number of amides is 1. The molecule has 0 unspecified atom stereocenters. The fourth-order valence-corrected chi connectivity index (χ4v) is 3.35. The van der Waals surface area contributed by atoms with Gasteiger partial charge in [-0.2, -0.15) is 5.10 Å². The maximum atomic E-state index is 13.0. The lowest BCUT2D eigenvalue weighted by atomic mass is 10.0. The molecular formula is C18H23FN4O2. The molecule has 2 heterocycles. The second-order valence-electron chi connectivity index (χ2n) is 6.54. The minimum atomic E-state index is -0.766. The zero-order valence-electron chi connectivity index (χ0n) is 14.6. The van der Waals surface area contributed by atoms with Crippen LogP contribution in [0.3, 0.4) is 0 Å². The summed E-state index contributed by atoms with van der Waals surface area (Å²) in [6, 6.07) is 5.55. The summed E-state index contributed by atoms with van der Waals surface area (Å²) in [7, 11) is 3.66. The van der Waals surface area contributed by atoms with Crippen molar-refractivity contribution in [1.82, 2.24) is 20.0 Å². The number of aliphatic hydroxyl groups is 1. The highest BCUT2D eigenvalue weighted by Gasteiger charge is 2.39. The average Bonchev–Trinajstić information content (AvgIpc) is 3.06. The molecule has 3 rings (SSSR count). The van der Waals surface area contributed by atoms with E-state index in [2.05, 4.69) is 10.4 Å². The lowest BCUT2D eigenvalue weighted by Gasteiger charge is -2.26. The molecule has 0 bridgehead atoms. The van der Waals surface area contributed by atoms with Gasteiger partial charge in [-0.05, 0) is 24.6 Å². The quantitative estimate of drug-likeness (QED) is 0.860. The van der Waals surface area contributed by atoms with Crippen LogP contribution < -0.4 is 5.32 Å². The second-order valence-corrected chi connectivity index (χ2v) is 6.54. The minimum absolute atomic E-state index is 0.0574. The van der Waals surface area contributed by atoms with Crippen LogP contribution >= 0.6 is 0 Å². The van der Waals surface area contributed by atoms with Crippen molar-refractivity contribution in [1.29, 1.82) is 0 Å². The highest BCUT2D eigenvalue weighted by atomic mass is 19.1. The van der Waals surface area contributed by atoms with E-state index in [1.165, 1.54) is 12.1 Å². The summed E-state index contributed by atoms with van der Waals surface area (Å²) in [4.78, 5) is 13.9. The molecule has 1 aliphatic rings. The fourth-order valence-electron chi connectivity index (χ4n) is 3.35. The van der Waals surface area contributed by atoms with Crippen LogP contribution in [0, 0.1) is 12.7 Å². The molecule has 25 heavy (non-hydrogen) atoms. The van der Waals surface area contributed by atoms with Crippen molar-refractivity contribution in [2.75, 3.05) is 13.6 Å². The standard InChI is InChI=1S/C18H23FN4O2/c1-11-14(9-21-23(11)3)18-15(8-17(25)22(18)2)20-10-16(24)12-4-6-13(19)7-5-12/h4-7,9,15-16,18,20,24H,8,10H2,1-3H3/t15-,16+,18+/m1/s1. The molecule has 1 aromatic heterocycles. The highest BCUT2D eigenvalue weighted by Crippen LogP contribution is 2.33. The molecule has 7 heteroatoms. The normalized spacial score (nSPS) is 21.8. The Morgan fingerprint density at radius 1 is 1.36 bits per heavy atom. The van der Waals surface area contributed by atoms with Crippen LogP contribution in [0.25, 0.3) is 0 Å². The number of halogens is 1. The lowest BCUT2D eigenvalue weighted by Crippen LogP contribution is -2.37. The van der Waals surface area contributed by atoms with Crippen molar-refractivity contribution >= 4 is 5.91 Å². The van der Waals surface area contributed by atoms with Crippen molar-refractivity contribution < 1.29 is 14.3 Å². The van der Waals surface area contributed by atoms with Crippen LogP contribution in [-0.4, -0.2) is 45.3 Å². The number of hydrogen-bond donors (Lipinski definition) is 2. The molecule has 1 fully saturated rings. The van der Waals surface area contributed by atoms with Gasteiger partial charge in [-0.1, -0.05) is 12.1 Å². The summed E-state index contributed by atoms with van der Waals surface area (Å²) >= 11 is 0. The Kier molecular flexibility index (Phi) is 4.87. The van der Waals surface area contributed by atoms with Crippen LogP contribution in [0.15, 0.2) is 30.5 Å². The number of carbonyl (C=O) groups excluding carboxylic acids is 1. The molecule has 0 saturated carbocycles. The van der Waals surface area contributed by atoms with E-state index in [4.69, 9.17) is 0 Å². The van der Waals surface area contributed by atoms with E-state index in [1.54, 1.807) is 35.0 Å². The summed E-state index contributed by atoms with van der Waals surface area (Å²) in [5.74, 6) is -0.277. The van der Waals surface area contributed by atoms with Crippen LogP contribution in [0.2, 0.25) is 0 Å². The molecule has 0 spiro atoms. The molecule has 1 aromatic carbocycles. The molecule has 1 amide bonds. The maximum absolute atomic E-state index is 13.0. The van der Waals surface area contributed by atoms with Crippen LogP contribution in [-0.2, 0) is 11.8 Å². The summed E-state index contributed by atoms with van der Waals surface area (Å²) in [6.07, 6.45) is 1.39. The zero-order valence-corrected chi connectivity index (χ0v) is 14.6. The van der Waals surface area contributed by atoms with Crippen molar-refractivity contribution in [3.8, 4) is 0 Å². The number of nitrogens with one attached hydrogen (secondary N) is 1. The molecule has 2 N–H and O–H groups in total. The van der Waals surface area contributed by atoms with Gasteiger partial charge in [0, 0.05) is 44.4 Å². The average molecular weight is 346 g/mol. The number of carbonyl (C=O) groups is 1. The van der Waals surface area contributed by atoms with Gasteiger partial charge >= 0.3 is 0 Å². The van der Waals surface area contributed by atoms with Crippen LogP contribution in [0.1, 0.15) is 35.4 Å². The van der Waals surface area contributed by atoms with E-state index < -0.39 is 6.10 Å². The Hall–Kier alpha value is -2.25. The minimum Gasteiger partial charge on any atom is -0.387 e. The van der Waals surface area contributed by atoms with Crippen LogP contribution in [0.5, 0.6) is 0 Å². The third-order valence-corrected chi connectivity index (χ3v) is 5.01. The zero-order chi connectivity index (χ0) is 18.1. The summed E-state index contributed by atoms with van der Waals surface area (Å²) < 4.78 is 14.8. The number of rotatable bonds is 5. The SMILES string of the molecule is Cc1c([C@H]2[C@H](NC[C@H](O)c3ccc(F)cc3)CC(=O)N2C)cnn1C. The number of aryl methyl sites for hydroxylation is 1. The first-order valence-corrected chi connectivity index (χ1v) is 8.29. The Labute approximate surface area is 146 Å². The lowest BCUT2D eigenvalue weighted by molar-refractivity contribution is -0.127. The Morgan fingerprint density at radius 2 is 2.04 bits per heavy atom. The molecule has 2 aromatic rings. The number of benzene rings is 1. The van der Waals surface area contributed by atoms with Crippen molar-refractivity contribution in [2.45, 2.75) is 31.5 Å². The largest absolute Gasteiger partial charge is 0.387 e. The molecule has 1 aliphatic heterocycles. The third-order valence-electron chi connectivity index (χ3n) is 5.01. The number of nitrogens with zero attached hydrogens (tertiary/aromatic N) is 3. The maximum Gasteiger partial charge on any atom is 0.224 e. The number of aromatic nitrogens is 2. The van der Waals surface area contributed by atoms with E-state index in [9.17, 15) is 14.3 Å². The summed E-state index contributed by atoms with van der Waals surface area (Å²) in [5, 5.41) is 17.9. The smallest absolute Gasteiger partial charge is 0.224 e. The molecule has 1 saturated heterocycles. The molecular weight excluding hydrogens is 323 g/mol.